The van der Waals surface area contributed by atoms with Crippen LogP contribution in [0.1, 0.15) is 18.9 Å². The maximum atomic E-state index is 13.3. The molecule has 10 nitrogen and oxygen atoms in total. The molecule has 2 atom stereocenters. The van der Waals surface area contributed by atoms with Crippen LogP contribution in [-0.2, 0) is 14.3 Å². The highest BCUT2D eigenvalue weighted by Gasteiger charge is 2.54. The second-order valence-corrected chi connectivity index (χ2v) is 7.69. The van der Waals surface area contributed by atoms with Gasteiger partial charge in [-0.05, 0) is 31.5 Å². The van der Waals surface area contributed by atoms with Gasteiger partial charge in [0.1, 0.15) is 5.75 Å². The largest absolute Gasteiger partial charge is 0.495 e. The maximum Gasteiger partial charge on any atom is 0.328 e. The number of aliphatic imine (C=N–C) groups is 1. The van der Waals surface area contributed by atoms with Crippen LogP contribution in [0.2, 0.25) is 0 Å². The zero-order valence-corrected chi connectivity index (χ0v) is 18.2. The molecule has 3 amide bonds. The minimum absolute atomic E-state index is 0.0425. The van der Waals surface area contributed by atoms with Gasteiger partial charge in [-0.1, -0.05) is 6.07 Å². The Bertz CT molecular complexity index is 1020. The van der Waals surface area contributed by atoms with E-state index in [-0.39, 0.29) is 13.0 Å². The lowest BCUT2D eigenvalue weighted by Gasteiger charge is -2.40. The number of aryl methyl sites for hydroxylation is 1. The first kappa shape index (κ1) is 20.7. The van der Waals surface area contributed by atoms with E-state index in [9.17, 15) is 14.4 Å². The first-order valence-electron chi connectivity index (χ1n) is 9.92. The van der Waals surface area contributed by atoms with Gasteiger partial charge in [-0.3, -0.25) is 19.4 Å². The highest BCUT2D eigenvalue weighted by atomic mass is 16.5. The number of ether oxygens (including phenoxy) is 2. The molecule has 3 aliphatic heterocycles. The van der Waals surface area contributed by atoms with E-state index in [1.807, 2.05) is 43.1 Å². The van der Waals surface area contributed by atoms with E-state index in [2.05, 4.69) is 4.74 Å². The first-order valence-corrected chi connectivity index (χ1v) is 9.92. The zero-order chi connectivity index (χ0) is 22.4. The molecule has 31 heavy (non-hydrogen) atoms. The number of hydrogen-bond acceptors (Lipinski definition) is 8. The third-order valence-electron chi connectivity index (χ3n) is 5.73. The van der Waals surface area contributed by atoms with Crippen molar-refractivity contribution in [3.8, 4) is 5.75 Å². The summed E-state index contributed by atoms with van der Waals surface area (Å²) in [7, 11) is 4.48. The lowest BCUT2D eigenvalue weighted by Crippen LogP contribution is -2.64. The van der Waals surface area contributed by atoms with Gasteiger partial charge in [0.05, 0.1) is 26.3 Å². The number of urea groups is 1. The van der Waals surface area contributed by atoms with Crippen molar-refractivity contribution in [2.75, 3.05) is 32.7 Å². The molecule has 0 bridgehead atoms. The Hall–Kier alpha value is -3.56. The molecule has 0 saturated carbocycles. The number of nitrogens with zero attached hydrogens (tertiary/aromatic N) is 5. The van der Waals surface area contributed by atoms with Crippen LogP contribution >= 0.6 is 0 Å². The number of carbonyl (C=O) groups is 3. The number of anilines is 1. The number of esters is 1. The molecule has 0 spiro atoms. The molecule has 2 unspecified atom stereocenters. The van der Waals surface area contributed by atoms with E-state index in [4.69, 9.17) is 9.73 Å². The first-order chi connectivity index (χ1) is 14.8. The molecule has 1 fully saturated rings. The maximum absolute atomic E-state index is 13.3. The van der Waals surface area contributed by atoms with Crippen molar-refractivity contribution in [2.45, 2.75) is 32.5 Å². The minimum atomic E-state index is -0.703. The van der Waals surface area contributed by atoms with Gasteiger partial charge in [-0.15, -0.1) is 0 Å². The van der Waals surface area contributed by atoms with E-state index >= 15 is 0 Å². The summed E-state index contributed by atoms with van der Waals surface area (Å²) < 4.78 is 10.2. The summed E-state index contributed by atoms with van der Waals surface area (Å²) in [5.74, 6) is 0.355. The van der Waals surface area contributed by atoms with Crippen molar-refractivity contribution < 1.29 is 23.9 Å². The number of guanidine groups is 1. The Morgan fingerprint density at radius 1 is 1.19 bits per heavy atom. The number of imide groups is 1. The molecule has 0 radical (unpaired) electrons. The molecule has 4 rings (SSSR count). The molecular weight excluding hydrogens is 402 g/mol. The second kappa shape index (κ2) is 7.60. The van der Waals surface area contributed by atoms with Crippen molar-refractivity contribution in [3.63, 3.8) is 0 Å². The van der Waals surface area contributed by atoms with Gasteiger partial charge in [0, 0.05) is 25.5 Å². The standard InChI is InChI=1S/C21H25N5O5/c1-12-6-7-15(30-4)14(10-12)26-13(2)11-25-17-18(22-20(25)26)23(3)21(29)24(19(17)28)9-8-16(27)31-5/h6-7,10-11,17-18H,8-9H2,1-5H3. The van der Waals surface area contributed by atoms with E-state index in [0.29, 0.717) is 11.7 Å². The summed E-state index contributed by atoms with van der Waals surface area (Å²) in [6, 6.07) is 4.65. The molecular formula is C21H25N5O5. The number of benzene rings is 1. The number of methoxy groups -OCH3 is 2. The van der Waals surface area contributed by atoms with Crippen LogP contribution < -0.4 is 9.64 Å². The Morgan fingerprint density at radius 2 is 1.94 bits per heavy atom. The molecule has 1 saturated heterocycles. The number of fused-ring (bicyclic) bond motifs is 3. The number of carbonyl (C=O) groups excluding carboxylic acids is 3. The van der Waals surface area contributed by atoms with Crippen molar-refractivity contribution in [1.29, 1.82) is 0 Å². The summed E-state index contributed by atoms with van der Waals surface area (Å²) in [6.45, 7) is 3.87. The van der Waals surface area contributed by atoms with E-state index in [0.717, 1.165) is 21.8 Å². The molecule has 1 aromatic rings. The second-order valence-electron chi connectivity index (χ2n) is 7.69. The van der Waals surface area contributed by atoms with Crippen LogP contribution in [0.4, 0.5) is 10.5 Å². The van der Waals surface area contributed by atoms with Gasteiger partial charge in [-0.2, -0.15) is 0 Å². The number of rotatable bonds is 5. The summed E-state index contributed by atoms with van der Waals surface area (Å²) in [6.07, 6.45) is 1.13. The van der Waals surface area contributed by atoms with Crippen molar-refractivity contribution in [3.05, 3.63) is 35.7 Å². The van der Waals surface area contributed by atoms with Crippen LogP contribution in [0.3, 0.4) is 0 Å². The fourth-order valence-electron chi connectivity index (χ4n) is 4.14. The van der Waals surface area contributed by atoms with Crippen LogP contribution in [-0.4, -0.2) is 78.6 Å². The van der Waals surface area contributed by atoms with Crippen LogP contribution in [0.15, 0.2) is 35.1 Å². The summed E-state index contributed by atoms with van der Waals surface area (Å²) in [4.78, 5) is 48.6. The molecule has 0 N–H and O–H groups in total. The number of amides is 3. The van der Waals surface area contributed by atoms with Crippen molar-refractivity contribution in [1.82, 2.24) is 14.7 Å². The Labute approximate surface area is 180 Å². The highest BCUT2D eigenvalue weighted by Crippen LogP contribution is 2.40. The van der Waals surface area contributed by atoms with Gasteiger partial charge < -0.3 is 19.3 Å². The van der Waals surface area contributed by atoms with Gasteiger partial charge in [0.15, 0.2) is 12.2 Å². The lowest BCUT2D eigenvalue weighted by atomic mass is 10.1. The van der Waals surface area contributed by atoms with Crippen LogP contribution in [0, 0.1) is 6.92 Å². The molecule has 0 aromatic heterocycles. The third-order valence-corrected chi connectivity index (χ3v) is 5.73. The average molecular weight is 427 g/mol. The number of hydrogen-bond donors (Lipinski definition) is 0. The number of likely N-dealkylation sites (N-methyl/N-ethyl adjacent to an activating group) is 1. The SMILES string of the molecule is COC(=O)CCN1C(=O)C2C(N=C3N(c4cc(C)ccc4OC)C(C)=CN32)N(C)C1=O. The fourth-order valence-corrected chi connectivity index (χ4v) is 4.14. The van der Waals surface area contributed by atoms with E-state index < -0.39 is 30.1 Å². The normalized spacial score (nSPS) is 22.4. The topological polar surface area (TPSA) is 95.0 Å². The molecule has 1 aromatic carbocycles. The number of allylic oxidation sites excluding steroid dienone is 1. The Morgan fingerprint density at radius 3 is 2.61 bits per heavy atom. The predicted molar refractivity (Wildman–Crippen MR) is 112 cm³/mol. The summed E-state index contributed by atoms with van der Waals surface area (Å²) >= 11 is 0. The van der Waals surface area contributed by atoms with Crippen molar-refractivity contribution >= 4 is 29.6 Å². The third kappa shape index (κ3) is 3.18. The monoisotopic (exact) mass is 427 g/mol. The smallest absolute Gasteiger partial charge is 0.328 e. The van der Waals surface area contributed by atoms with Gasteiger partial charge >= 0.3 is 12.0 Å². The molecule has 10 heteroatoms. The quantitative estimate of drug-likeness (QED) is 0.658. The fraction of sp³-hybridized carbons (Fsp3) is 0.429. The molecule has 3 heterocycles. The molecule has 0 aliphatic carbocycles. The molecule has 3 aliphatic rings. The van der Waals surface area contributed by atoms with E-state index in [1.54, 1.807) is 19.1 Å². The minimum Gasteiger partial charge on any atom is -0.495 e. The molecule has 164 valence electrons. The van der Waals surface area contributed by atoms with Crippen LogP contribution in [0.5, 0.6) is 5.75 Å². The van der Waals surface area contributed by atoms with Gasteiger partial charge in [0.2, 0.25) is 5.96 Å². The van der Waals surface area contributed by atoms with Gasteiger partial charge in [-0.25, -0.2) is 9.79 Å². The van der Waals surface area contributed by atoms with Crippen LogP contribution in [0.25, 0.3) is 0 Å². The van der Waals surface area contributed by atoms with Crippen molar-refractivity contribution in [2.24, 2.45) is 4.99 Å². The van der Waals surface area contributed by atoms with E-state index in [1.165, 1.54) is 12.0 Å². The Balaban J connectivity index is 1.68. The summed E-state index contributed by atoms with van der Waals surface area (Å²) in [5, 5.41) is 0. The highest BCUT2D eigenvalue weighted by molar-refractivity contribution is 6.10. The summed E-state index contributed by atoms with van der Waals surface area (Å²) in [5.41, 5.74) is 2.73. The lowest BCUT2D eigenvalue weighted by molar-refractivity contribution is -0.142. The van der Waals surface area contributed by atoms with Gasteiger partial charge in [0.25, 0.3) is 5.91 Å². The average Bonchev–Trinajstić information content (AvgIpc) is 3.26. The Kier molecular flexibility index (Phi) is 5.08. The predicted octanol–water partition coefficient (Wildman–Crippen LogP) is 1.51. The zero-order valence-electron chi connectivity index (χ0n) is 18.2.